The van der Waals surface area contributed by atoms with Gasteiger partial charge < -0.3 is 10.1 Å². The molecule has 0 amide bonds. The van der Waals surface area contributed by atoms with E-state index >= 15 is 0 Å². The SMILES string of the molecule is COc1ccc(NC2C[C@H](C)Sc3sccc32)cc1. The third-order valence-corrected chi connectivity index (χ3v) is 5.68. The van der Waals surface area contributed by atoms with E-state index in [4.69, 9.17) is 4.74 Å². The van der Waals surface area contributed by atoms with Crippen molar-refractivity contribution in [1.29, 1.82) is 0 Å². The summed E-state index contributed by atoms with van der Waals surface area (Å²) in [5, 5.41) is 6.50. The monoisotopic (exact) mass is 291 g/mol. The lowest BCUT2D eigenvalue weighted by Crippen LogP contribution is -2.18. The van der Waals surface area contributed by atoms with Crippen LogP contribution in [-0.4, -0.2) is 12.4 Å². The van der Waals surface area contributed by atoms with Gasteiger partial charge in [-0.05, 0) is 47.7 Å². The van der Waals surface area contributed by atoms with Crippen molar-refractivity contribution in [3.63, 3.8) is 0 Å². The molecule has 2 aromatic rings. The number of thiophene rings is 1. The third-order valence-electron chi connectivity index (χ3n) is 3.34. The molecule has 0 radical (unpaired) electrons. The fraction of sp³-hybridized carbons (Fsp3) is 0.333. The van der Waals surface area contributed by atoms with Crippen LogP contribution in [0.15, 0.2) is 39.9 Å². The van der Waals surface area contributed by atoms with E-state index in [1.165, 1.54) is 16.2 Å². The van der Waals surface area contributed by atoms with Crippen LogP contribution < -0.4 is 10.1 Å². The van der Waals surface area contributed by atoms with E-state index in [1.54, 1.807) is 7.11 Å². The summed E-state index contributed by atoms with van der Waals surface area (Å²) in [6.45, 7) is 2.30. The van der Waals surface area contributed by atoms with Gasteiger partial charge >= 0.3 is 0 Å². The maximum Gasteiger partial charge on any atom is 0.119 e. The van der Waals surface area contributed by atoms with Crippen molar-refractivity contribution in [3.05, 3.63) is 41.3 Å². The number of methoxy groups -OCH3 is 1. The van der Waals surface area contributed by atoms with Crippen molar-refractivity contribution in [1.82, 2.24) is 0 Å². The molecule has 1 unspecified atom stereocenters. The van der Waals surface area contributed by atoms with Crippen molar-refractivity contribution < 1.29 is 4.74 Å². The van der Waals surface area contributed by atoms with Gasteiger partial charge in [-0.3, -0.25) is 0 Å². The summed E-state index contributed by atoms with van der Waals surface area (Å²) < 4.78 is 6.65. The maximum absolute atomic E-state index is 5.19. The van der Waals surface area contributed by atoms with Gasteiger partial charge in [-0.25, -0.2) is 0 Å². The number of rotatable bonds is 3. The highest BCUT2D eigenvalue weighted by Crippen LogP contribution is 2.44. The molecular formula is C15H17NOS2. The molecule has 1 aromatic heterocycles. The van der Waals surface area contributed by atoms with Gasteiger partial charge in [-0.15, -0.1) is 23.1 Å². The van der Waals surface area contributed by atoms with E-state index in [1.807, 2.05) is 35.2 Å². The molecule has 0 spiro atoms. The zero-order valence-electron chi connectivity index (χ0n) is 11.1. The molecule has 2 atom stereocenters. The van der Waals surface area contributed by atoms with E-state index in [2.05, 4.69) is 35.8 Å². The molecule has 2 nitrogen and oxygen atoms in total. The third kappa shape index (κ3) is 2.74. The Hall–Kier alpha value is -1.13. The molecule has 1 aromatic carbocycles. The molecule has 1 aliphatic heterocycles. The molecule has 1 N–H and O–H groups in total. The van der Waals surface area contributed by atoms with Crippen molar-refractivity contribution in [2.75, 3.05) is 12.4 Å². The summed E-state index contributed by atoms with van der Waals surface area (Å²) in [5.41, 5.74) is 2.60. The quantitative estimate of drug-likeness (QED) is 0.878. The van der Waals surface area contributed by atoms with E-state index < -0.39 is 0 Å². The van der Waals surface area contributed by atoms with Gasteiger partial charge in [0, 0.05) is 10.9 Å². The number of ether oxygens (including phenoxy) is 1. The van der Waals surface area contributed by atoms with Gasteiger partial charge in [0.1, 0.15) is 5.75 Å². The summed E-state index contributed by atoms with van der Waals surface area (Å²) in [7, 11) is 1.69. The van der Waals surface area contributed by atoms with Gasteiger partial charge in [0.25, 0.3) is 0 Å². The van der Waals surface area contributed by atoms with E-state index in [0.29, 0.717) is 11.3 Å². The molecule has 0 saturated carbocycles. The van der Waals surface area contributed by atoms with E-state index in [9.17, 15) is 0 Å². The largest absolute Gasteiger partial charge is 0.497 e. The zero-order valence-corrected chi connectivity index (χ0v) is 12.7. The first-order valence-electron chi connectivity index (χ1n) is 6.41. The molecular weight excluding hydrogens is 274 g/mol. The molecule has 0 fully saturated rings. The number of benzene rings is 1. The van der Waals surface area contributed by atoms with Crippen molar-refractivity contribution in [2.24, 2.45) is 0 Å². The Labute approximate surface area is 122 Å². The van der Waals surface area contributed by atoms with Crippen LogP contribution in [0.1, 0.15) is 24.9 Å². The van der Waals surface area contributed by atoms with Gasteiger partial charge in [-0.2, -0.15) is 0 Å². The Bertz CT molecular complexity index is 550. The van der Waals surface area contributed by atoms with E-state index in [-0.39, 0.29) is 0 Å². The minimum absolute atomic E-state index is 0.422. The van der Waals surface area contributed by atoms with Gasteiger partial charge in [0.05, 0.1) is 17.4 Å². The van der Waals surface area contributed by atoms with Crippen LogP contribution >= 0.6 is 23.1 Å². The molecule has 0 aliphatic carbocycles. The smallest absolute Gasteiger partial charge is 0.119 e. The second-order valence-corrected chi connectivity index (χ2v) is 7.38. The minimum atomic E-state index is 0.422. The topological polar surface area (TPSA) is 21.3 Å². The lowest BCUT2D eigenvalue weighted by molar-refractivity contribution is 0.415. The Morgan fingerprint density at radius 2 is 2.00 bits per heavy atom. The molecule has 3 rings (SSSR count). The van der Waals surface area contributed by atoms with Crippen molar-refractivity contribution in [3.8, 4) is 5.75 Å². The molecule has 0 saturated heterocycles. The van der Waals surface area contributed by atoms with Gasteiger partial charge in [0.2, 0.25) is 0 Å². The number of fused-ring (bicyclic) bond motifs is 1. The Morgan fingerprint density at radius 1 is 1.21 bits per heavy atom. The van der Waals surface area contributed by atoms with Crippen LogP contribution in [-0.2, 0) is 0 Å². The van der Waals surface area contributed by atoms with Crippen LogP contribution in [0.3, 0.4) is 0 Å². The van der Waals surface area contributed by atoms with Gasteiger partial charge in [-0.1, -0.05) is 6.92 Å². The maximum atomic E-state index is 5.19. The summed E-state index contributed by atoms with van der Waals surface area (Å²) in [5.74, 6) is 0.898. The molecule has 100 valence electrons. The van der Waals surface area contributed by atoms with Crippen LogP contribution in [0.5, 0.6) is 5.75 Å². The number of anilines is 1. The van der Waals surface area contributed by atoms with Crippen LogP contribution in [0, 0.1) is 0 Å². The number of nitrogens with one attached hydrogen (secondary N) is 1. The summed E-state index contributed by atoms with van der Waals surface area (Å²) in [6, 6.07) is 10.8. The molecule has 4 heteroatoms. The summed E-state index contributed by atoms with van der Waals surface area (Å²) in [6.07, 6.45) is 1.17. The highest BCUT2D eigenvalue weighted by Gasteiger charge is 2.26. The second kappa shape index (κ2) is 5.47. The van der Waals surface area contributed by atoms with E-state index in [0.717, 1.165) is 11.4 Å². The van der Waals surface area contributed by atoms with Crippen LogP contribution in [0.2, 0.25) is 0 Å². The number of hydrogen-bond acceptors (Lipinski definition) is 4. The number of thioether (sulfide) groups is 1. The van der Waals surface area contributed by atoms with Crippen LogP contribution in [0.25, 0.3) is 0 Å². The molecule has 0 bridgehead atoms. The average molecular weight is 291 g/mol. The standard InChI is InChI=1S/C15H17NOS2/c1-10-9-14(13-7-8-18-15(13)19-10)16-11-3-5-12(17-2)6-4-11/h3-8,10,14,16H,9H2,1-2H3/t10-,14?/m0/s1. The first kappa shape index (κ1) is 12.9. The normalized spacial score (nSPS) is 21.8. The molecule has 2 heterocycles. The lowest BCUT2D eigenvalue weighted by Gasteiger charge is -2.28. The first-order chi connectivity index (χ1) is 9.26. The predicted octanol–water partition coefficient (Wildman–Crippen LogP) is 4.79. The second-order valence-electron chi connectivity index (χ2n) is 4.75. The van der Waals surface area contributed by atoms with Crippen molar-refractivity contribution in [2.45, 2.75) is 28.8 Å². The zero-order chi connectivity index (χ0) is 13.2. The molecule has 1 aliphatic rings. The highest BCUT2D eigenvalue weighted by molar-refractivity contribution is 8.01. The average Bonchev–Trinajstić information content (AvgIpc) is 2.88. The Kier molecular flexibility index (Phi) is 3.71. The molecule has 19 heavy (non-hydrogen) atoms. The summed E-state index contributed by atoms with van der Waals surface area (Å²) >= 11 is 3.85. The Balaban J connectivity index is 1.79. The van der Waals surface area contributed by atoms with Crippen molar-refractivity contribution >= 4 is 28.8 Å². The number of hydrogen-bond donors (Lipinski definition) is 1. The lowest BCUT2D eigenvalue weighted by atomic mass is 10.0. The fourth-order valence-electron chi connectivity index (χ4n) is 2.37. The fourth-order valence-corrected chi connectivity index (χ4v) is 4.94. The van der Waals surface area contributed by atoms with Crippen LogP contribution in [0.4, 0.5) is 5.69 Å². The highest BCUT2D eigenvalue weighted by atomic mass is 32.2. The Morgan fingerprint density at radius 3 is 2.74 bits per heavy atom. The first-order valence-corrected chi connectivity index (χ1v) is 8.17. The predicted molar refractivity (Wildman–Crippen MR) is 83.6 cm³/mol. The summed E-state index contributed by atoms with van der Waals surface area (Å²) in [4.78, 5) is 0. The van der Waals surface area contributed by atoms with Gasteiger partial charge in [0.15, 0.2) is 0 Å². The minimum Gasteiger partial charge on any atom is -0.497 e.